The van der Waals surface area contributed by atoms with E-state index in [9.17, 15) is 4.79 Å². The SMILES string of the molecule is C=COC12CC3CC(OC=C)(CC(C1)C3=O)C2.C=COCC12CC3CC(C1)CC(OC=C)(C3)C2.C=COCc1ccc(COC=C)cc1.C=COc1ccc(OC=C)cc1.C=COc1ccc2cc(OC=C)ccc2c1.C=COc1cccc2c(OC=C)cccc12. The molecule has 0 amide bonds. The van der Waals surface area contributed by atoms with Crippen molar-refractivity contribution < 1.29 is 61.6 Å². The molecule has 482 valence electrons. The second-order valence-corrected chi connectivity index (χ2v) is 23.4. The highest BCUT2D eigenvalue weighted by Gasteiger charge is 2.63. The van der Waals surface area contributed by atoms with Crippen LogP contribution in [0.5, 0.6) is 34.5 Å². The number of ketones is 1. The first kappa shape index (κ1) is 69.5. The summed E-state index contributed by atoms with van der Waals surface area (Å²) in [7, 11) is 0. The molecule has 8 aliphatic rings. The molecule has 13 nitrogen and oxygen atoms in total. The smallest absolute Gasteiger partial charge is 0.139 e. The van der Waals surface area contributed by atoms with Crippen LogP contribution in [0.15, 0.2) is 275 Å². The number of carbonyl (C=O) groups excluding carboxylic acids is 1. The normalized spacial score (nSPS) is 23.2. The molecule has 0 aromatic heterocycles. The third-order valence-electron chi connectivity index (χ3n) is 17.1. The van der Waals surface area contributed by atoms with E-state index >= 15 is 0 Å². The van der Waals surface area contributed by atoms with E-state index in [1.807, 2.05) is 97.1 Å². The van der Waals surface area contributed by atoms with Gasteiger partial charge in [-0.25, -0.2) is 0 Å². The van der Waals surface area contributed by atoms with E-state index in [2.05, 4.69) is 78.9 Å². The molecular formula is C79H88O13. The molecule has 8 fully saturated rings. The zero-order chi connectivity index (χ0) is 65.8. The van der Waals surface area contributed by atoms with Gasteiger partial charge in [0.1, 0.15) is 70.3 Å². The van der Waals surface area contributed by atoms with Gasteiger partial charge >= 0.3 is 0 Å². The van der Waals surface area contributed by atoms with Gasteiger partial charge in [-0.05, 0) is 159 Å². The van der Waals surface area contributed by atoms with Crippen LogP contribution in [0.2, 0.25) is 0 Å². The Morgan fingerprint density at radius 1 is 0.370 bits per heavy atom. The first-order chi connectivity index (χ1) is 44.7. The number of Topliss-reactive ketones (excluding diaryl/α,β-unsaturated/α-hetero) is 1. The second-order valence-electron chi connectivity index (χ2n) is 23.4. The monoisotopic (exact) mass is 1240 g/mol. The Morgan fingerprint density at radius 3 is 1.11 bits per heavy atom. The molecule has 0 radical (unpaired) electrons. The molecule has 2 unspecified atom stereocenters. The van der Waals surface area contributed by atoms with Gasteiger partial charge in [-0.2, -0.15) is 0 Å². The topological polar surface area (TPSA) is 128 Å². The molecule has 8 saturated carbocycles. The van der Waals surface area contributed by atoms with Gasteiger partial charge in [0.05, 0.1) is 81.8 Å². The lowest BCUT2D eigenvalue weighted by Gasteiger charge is -2.60. The lowest BCUT2D eigenvalue weighted by atomic mass is 9.48. The van der Waals surface area contributed by atoms with Crippen LogP contribution in [0.3, 0.4) is 0 Å². The van der Waals surface area contributed by atoms with Crippen molar-refractivity contribution >= 4 is 27.3 Å². The number of ether oxygens (including phenoxy) is 12. The lowest BCUT2D eigenvalue weighted by Crippen LogP contribution is -2.63. The van der Waals surface area contributed by atoms with Gasteiger partial charge in [-0.1, -0.05) is 140 Å². The zero-order valence-corrected chi connectivity index (χ0v) is 53.0. The molecule has 0 spiro atoms. The predicted molar refractivity (Wildman–Crippen MR) is 366 cm³/mol. The molecule has 0 N–H and O–H groups in total. The maximum absolute atomic E-state index is 12.1. The van der Waals surface area contributed by atoms with Gasteiger partial charge in [0.25, 0.3) is 0 Å². The summed E-state index contributed by atoms with van der Waals surface area (Å²) < 4.78 is 64.2. The van der Waals surface area contributed by atoms with Crippen molar-refractivity contribution in [3.05, 3.63) is 287 Å². The minimum absolute atomic E-state index is 0.0797. The van der Waals surface area contributed by atoms with Crippen molar-refractivity contribution in [2.75, 3.05) is 6.61 Å². The second kappa shape index (κ2) is 34.3. The molecule has 0 heterocycles. The summed E-state index contributed by atoms with van der Waals surface area (Å²) in [4.78, 5) is 12.1. The Bertz CT molecular complexity index is 3290. The minimum Gasteiger partial charge on any atom is -0.501 e. The van der Waals surface area contributed by atoms with E-state index in [0.717, 1.165) is 124 Å². The molecule has 8 bridgehead atoms. The first-order valence-corrected chi connectivity index (χ1v) is 30.7. The summed E-state index contributed by atoms with van der Waals surface area (Å²) in [5.74, 6) is 6.87. The number of rotatable bonds is 27. The zero-order valence-electron chi connectivity index (χ0n) is 53.0. The summed E-state index contributed by atoms with van der Waals surface area (Å²) in [5, 5.41) is 4.16. The van der Waals surface area contributed by atoms with Gasteiger partial charge in [-0.3, -0.25) is 4.79 Å². The molecule has 6 aromatic carbocycles. The number of hydrogen-bond donors (Lipinski definition) is 0. The average Bonchev–Trinajstić information content (AvgIpc) is 0.729. The lowest BCUT2D eigenvalue weighted by molar-refractivity contribution is -0.203. The summed E-state index contributed by atoms with van der Waals surface area (Å²) in [5.41, 5.74) is 2.23. The summed E-state index contributed by atoms with van der Waals surface area (Å²) >= 11 is 0. The summed E-state index contributed by atoms with van der Waals surface area (Å²) in [6, 6.07) is 38.4. The third kappa shape index (κ3) is 18.8. The van der Waals surface area contributed by atoms with Gasteiger partial charge in [0, 0.05) is 34.4 Å². The minimum atomic E-state index is -0.218. The van der Waals surface area contributed by atoms with Crippen molar-refractivity contribution in [2.45, 2.75) is 101 Å². The van der Waals surface area contributed by atoms with Gasteiger partial charge < -0.3 is 56.8 Å². The van der Waals surface area contributed by atoms with E-state index in [1.54, 1.807) is 36.8 Å². The van der Waals surface area contributed by atoms with Crippen LogP contribution in [0.4, 0.5) is 0 Å². The van der Waals surface area contributed by atoms with Crippen molar-refractivity contribution in [3.8, 4) is 34.5 Å². The van der Waals surface area contributed by atoms with Crippen LogP contribution in [0.25, 0.3) is 21.5 Å². The van der Waals surface area contributed by atoms with Crippen molar-refractivity contribution in [2.24, 2.45) is 29.1 Å². The molecule has 8 aliphatic carbocycles. The van der Waals surface area contributed by atoms with Crippen LogP contribution in [0.1, 0.15) is 81.8 Å². The van der Waals surface area contributed by atoms with Crippen LogP contribution in [-0.4, -0.2) is 29.2 Å². The fraction of sp³-hybridized carbons (Fsp3) is 0.278. The number of hydrogen-bond acceptors (Lipinski definition) is 13. The molecule has 13 heteroatoms. The first-order valence-electron chi connectivity index (χ1n) is 30.7. The van der Waals surface area contributed by atoms with Crippen LogP contribution >= 0.6 is 0 Å². The quantitative estimate of drug-likeness (QED) is 0.0454. The standard InChI is InChI=1S/C15H22O2.C14H18O3.2C14H12O2.C12H14O2.C10H10O2/c1-3-16-11-14-6-12-5-13(7-14)9-15(8-12,10-14)17-4-2;1-3-16-13-5-10-7-14(9-13,17-4-2)8-11(6-13)12(10)15;1-3-15-13-9-5-8-12-11(13)7-6-10-14(12)16-4-2;1-3-15-13-7-5-12-10-14(16-4-2)8-6-11(12)9-13;1-3-13-9-11-5-7-12(8-6-11)10-14-4-2;1-3-11-9-5-7-10(8-6-9)12-4-2/h3-4,12-13H,1-2,5-11H2;3-4,10-11H,1-2,5-9H2;2*3-10H,1-2H2;3-8H,1-2,9-10H2;3-8H,1-2H2. The third-order valence-corrected chi connectivity index (χ3v) is 17.1. The van der Waals surface area contributed by atoms with Crippen molar-refractivity contribution in [1.29, 1.82) is 0 Å². The van der Waals surface area contributed by atoms with Crippen molar-refractivity contribution in [3.63, 3.8) is 0 Å². The van der Waals surface area contributed by atoms with E-state index in [4.69, 9.17) is 56.8 Å². The number of benzene rings is 6. The van der Waals surface area contributed by atoms with Gasteiger partial charge in [0.15, 0.2) is 0 Å². The maximum Gasteiger partial charge on any atom is 0.139 e. The molecule has 6 aromatic rings. The molecular weight excluding hydrogens is 1160 g/mol. The largest absolute Gasteiger partial charge is 0.501 e. The van der Waals surface area contributed by atoms with Crippen molar-refractivity contribution in [1.82, 2.24) is 0 Å². The van der Waals surface area contributed by atoms with Crippen LogP contribution in [0, 0.1) is 29.1 Å². The maximum atomic E-state index is 12.1. The van der Waals surface area contributed by atoms with Gasteiger partial charge in [-0.15, -0.1) is 0 Å². The summed E-state index contributed by atoms with van der Waals surface area (Å²) in [6.07, 6.45) is 29.4. The Labute approximate surface area is 543 Å². The Kier molecular flexibility index (Phi) is 25.9. The highest BCUT2D eigenvalue weighted by Crippen LogP contribution is 2.63. The fourth-order valence-corrected chi connectivity index (χ4v) is 14.4. The summed E-state index contributed by atoms with van der Waals surface area (Å²) in [6.45, 7) is 44.7. The van der Waals surface area contributed by atoms with E-state index in [1.165, 1.54) is 94.7 Å². The molecule has 0 aliphatic heterocycles. The Morgan fingerprint density at radius 2 is 0.739 bits per heavy atom. The highest BCUT2D eigenvalue weighted by atomic mass is 16.5. The molecule has 92 heavy (non-hydrogen) atoms. The molecule has 0 saturated heterocycles. The average molecular weight is 1250 g/mol. The highest BCUT2D eigenvalue weighted by molar-refractivity contribution is 5.93. The predicted octanol–water partition coefficient (Wildman–Crippen LogP) is 19.7. The Hall–Kier alpha value is -10.0. The van der Waals surface area contributed by atoms with E-state index in [-0.39, 0.29) is 28.6 Å². The number of carbonyl (C=O) groups is 1. The molecule has 2 atom stereocenters. The van der Waals surface area contributed by atoms with E-state index < -0.39 is 0 Å². The molecule has 14 rings (SSSR count). The fourth-order valence-electron chi connectivity index (χ4n) is 14.4. The van der Waals surface area contributed by atoms with Crippen LogP contribution < -0.4 is 28.4 Å². The van der Waals surface area contributed by atoms with Crippen LogP contribution in [-0.2, 0) is 46.4 Å². The van der Waals surface area contributed by atoms with Gasteiger partial charge in [0.2, 0.25) is 0 Å². The van der Waals surface area contributed by atoms with E-state index in [0.29, 0.717) is 24.4 Å². The Balaban J connectivity index is 0.000000157. The number of fused-ring (bicyclic) bond motifs is 2.